The van der Waals surface area contributed by atoms with Gasteiger partial charge in [-0.05, 0) is 164 Å². The Kier molecular flexibility index (Phi) is 23.3. The van der Waals surface area contributed by atoms with E-state index in [9.17, 15) is 0 Å². The van der Waals surface area contributed by atoms with E-state index in [2.05, 4.69) is 134 Å². The van der Waals surface area contributed by atoms with E-state index in [1.807, 2.05) is 6.08 Å². The fourth-order valence-corrected chi connectivity index (χ4v) is 10.2. The van der Waals surface area contributed by atoms with E-state index >= 15 is 0 Å². The molecule has 0 aromatic heterocycles. The van der Waals surface area contributed by atoms with Gasteiger partial charge in [0.25, 0.3) is 0 Å². The molecule has 3 atom stereocenters. The molecule has 2 heteroatoms. The second-order valence-corrected chi connectivity index (χ2v) is 21.3. The van der Waals surface area contributed by atoms with Crippen molar-refractivity contribution in [3.63, 3.8) is 0 Å². The van der Waals surface area contributed by atoms with Crippen molar-refractivity contribution in [2.45, 2.75) is 197 Å². The molecule has 330 valence electrons. The fourth-order valence-electron chi connectivity index (χ4n) is 9.54. The first-order valence-electron chi connectivity index (χ1n) is 24.5. The Morgan fingerprint density at radius 3 is 1.59 bits per heavy atom. The summed E-state index contributed by atoms with van der Waals surface area (Å²) >= 11 is 3.93. The third-order valence-electron chi connectivity index (χ3n) is 13.4. The van der Waals surface area contributed by atoms with E-state index in [1.165, 1.54) is 143 Å². The van der Waals surface area contributed by atoms with Crippen LogP contribution in [0, 0.1) is 35.5 Å². The van der Waals surface area contributed by atoms with Crippen LogP contribution in [0.5, 0.6) is 0 Å². The minimum absolute atomic E-state index is 0.782. The van der Waals surface area contributed by atoms with Crippen LogP contribution < -0.4 is 10.4 Å². The van der Waals surface area contributed by atoms with E-state index in [-0.39, 0.29) is 0 Å². The summed E-state index contributed by atoms with van der Waals surface area (Å²) in [5.74, 6) is 4.78. The Hall–Kier alpha value is -2.32. The summed E-state index contributed by atoms with van der Waals surface area (Å²) in [6.45, 7) is 35.9. The Morgan fingerprint density at radius 1 is 0.678 bits per heavy atom. The zero-order valence-electron chi connectivity index (χ0n) is 40.2. The number of fused-ring (bicyclic) bond motifs is 1. The van der Waals surface area contributed by atoms with Crippen LogP contribution in [-0.2, 0) is 32.2 Å². The molecule has 0 saturated heterocycles. The van der Waals surface area contributed by atoms with Gasteiger partial charge in [-0.25, -0.2) is 0 Å². The number of benzene rings is 2. The topological polar surface area (TPSA) is 3.24 Å². The highest BCUT2D eigenvalue weighted by molar-refractivity contribution is 9.10. The van der Waals surface area contributed by atoms with Gasteiger partial charge in [0.05, 0.1) is 0 Å². The number of hydrogen-bond acceptors (Lipinski definition) is 1. The molecule has 0 bridgehead atoms. The SMILES string of the molecule is C=C/C=c1/c(CN(C)C(=C)c2cc(CCCC(C)CCCC(C)C)c(CCCC(C)CCCC(C)C)c(CCCC(C)CCCC(C)C)c2)c2c(c(Br)c1=C)CCC=C2. The summed E-state index contributed by atoms with van der Waals surface area (Å²) in [6.07, 6.45) is 34.4. The van der Waals surface area contributed by atoms with Crippen LogP contribution >= 0.6 is 15.9 Å². The number of aryl methyl sites for hydroxylation is 2. The molecular formula is C57H90BrN. The van der Waals surface area contributed by atoms with Gasteiger partial charge in [0.1, 0.15) is 0 Å². The van der Waals surface area contributed by atoms with Crippen LogP contribution in [0.2, 0.25) is 0 Å². The quantitative estimate of drug-likeness (QED) is 0.0787. The van der Waals surface area contributed by atoms with Crippen molar-refractivity contribution in [3.8, 4) is 0 Å². The fraction of sp³-hybridized carbons (Fsp3) is 0.649. The van der Waals surface area contributed by atoms with Crippen molar-refractivity contribution in [2.75, 3.05) is 7.05 Å². The molecule has 0 fully saturated rings. The lowest BCUT2D eigenvalue weighted by atomic mass is 9.85. The zero-order chi connectivity index (χ0) is 43.5. The molecule has 3 rings (SSSR count). The van der Waals surface area contributed by atoms with Gasteiger partial charge in [-0.1, -0.05) is 183 Å². The summed E-state index contributed by atoms with van der Waals surface area (Å²) in [5.41, 5.74) is 11.3. The number of nitrogens with zero attached hydrogens (tertiary/aromatic N) is 1. The van der Waals surface area contributed by atoms with Gasteiger partial charge < -0.3 is 4.90 Å². The van der Waals surface area contributed by atoms with Crippen molar-refractivity contribution < 1.29 is 0 Å². The molecule has 0 N–H and O–H groups in total. The predicted molar refractivity (Wildman–Crippen MR) is 270 cm³/mol. The molecule has 0 heterocycles. The van der Waals surface area contributed by atoms with Crippen molar-refractivity contribution >= 4 is 40.4 Å². The van der Waals surface area contributed by atoms with Crippen LogP contribution in [0.3, 0.4) is 0 Å². The number of allylic oxidation sites excluding steroid dienone is 2. The molecule has 59 heavy (non-hydrogen) atoms. The van der Waals surface area contributed by atoms with E-state index in [4.69, 9.17) is 6.58 Å². The van der Waals surface area contributed by atoms with E-state index < -0.39 is 0 Å². The number of rotatable bonds is 29. The first-order valence-corrected chi connectivity index (χ1v) is 25.3. The normalized spacial score (nSPS) is 14.6. The van der Waals surface area contributed by atoms with Crippen LogP contribution in [0.15, 0.2) is 41.9 Å². The molecule has 0 amide bonds. The van der Waals surface area contributed by atoms with E-state index in [0.717, 1.165) is 70.3 Å². The molecule has 0 radical (unpaired) electrons. The molecule has 3 unspecified atom stereocenters. The highest BCUT2D eigenvalue weighted by atomic mass is 79.9. The molecule has 0 spiro atoms. The van der Waals surface area contributed by atoms with Crippen LogP contribution in [0.25, 0.3) is 24.4 Å². The Bertz CT molecular complexity index is 1670. The molecule has 0 aliphatic heterocycles. The van der Waals surface area contributed by atoms with Crippen molar-refractivity contribution in [1.29, 1.82) is 0 Å². The highest BCUT2D eigenvalue weighted by Gasteiger charge is 2.20. The lowest BCUT2D eigenvalue weighted by molar-refractivity contribution is 0.423. The minimum atomic E-state index is 0.782. The molecule has 0 saturated carbocycles. The van der Waals surface area contributed by atoms with Crippen molar-refractivity contribution in [1.82, 2.24) is 4.90 Å². The van der Waals surface area contributed by atoms with Crippen molar-refractivity contribution in [3.05, 3.63) is 91.3 Å². The molecule has 1 aliphatic carbocycles. The lowest BCUT2D eigenvalue weighted by Crippen LogP contribution is -2.34. The average molecular weight is 869 g/mol. The highest BCUT2D eigenvalue weighted by Crippen LogP contribution is 2.32. The maximum atomic E-state index is 4.85. The summed E-state index contributed by atoms with van der Waals surface area (Å²) in [4.78, 5) is 2.40. The first kappa shape index (κ1) is 51.0. The summed E-state index contributed by atoms with van der Waals surface area (Å²) < 4.78 is 1.15. The van der Waals surface area contributed by atoms with E-state index in [0.29, 0.717) is 0 Å². The largest absolute Gasteiger partial charge is 0.370 e. The molecular weight excluding hydrogens is 779 g/mol. The Labute approximate surface area is 374 Å². The summed E-state index contributed by atoms with van der Waals surface area (Å²) in [5, 5.41) is 2.24. The van der Waals surface area contributed by atoms with Gasteiger partial charge >= 0.3 is 0 Å². The van der Waals surface area contributed by atoms with Crippen molar-refractivity contribution in [2.24, 2.45) is 35.5 Å². The van der Waals surface area contributed by atoms with Crippen LogP contribution in [0.4, 0.5) is 0 Å². The smallest absolute Gasteiger partial charge is 0.0438 e. The Balaban J connectivity index is 1.99. The van der Waals surface area contributed by atoms with Gasteiger partial charge in [0.2, 0.25) is 0 Å². The summed E-state index contributed by atoms with van der Waals surface area (Å²) in [6, 6.07) is 5.14. The van der Waals surface area contributed by atoms with Gasteiger partial charge in [0.15, 0.2) is 0 Å². The third-order valence-corrected chi connectivity index (χ3v) is 14.4. The van der Waals surface area contributed by atoms with Crippen LogP contribution in [-0.4, -0.2) is 11.9 Å². The minimum Gasteiger partial charge on any atom is -0.370 e. The second-order valence-electron chi connectivity index (χ2n) is 20.5. The van der Waals surface area contributed by atoms with Gasteiger partial charge in [-0.3, -0.25) is 0 Å². The number of halogens is 1. The van der Waals surface area contributed by atoms with Gasteiger partial charge in [-0.2, -0.15) is 0 Å². The first-order chi connectivity index (χ1) is 28.1. The standard InChI is InChI=1S/C57H90BrN/c1-14-23-52-47(11)57(58)55-36-16-15-35-54(55)56(52)40-59(13)48(12)51-38-49(33-20-30-44(8)27-17-24-41(2)3)53(37-22-32-46(10)29-19-26-43(6)7)50(39-51)34-21-31-45(9)28-18-25-42(4)5/h14-15,23,35,38-39,41-46H,1,11-12,16-22,24-34,36-37,40H2,2-10,13H3/b52-23+. The lowest BCUT2D eigenvalue weighted by Gasteiger charge is -2.27. The van der Waals surface area contributed by atoms with E-state index in [1.54, 1.807) is 16.7 Å². The second kappa shape index (κ2) is 26.9. The maximum absolute atomic E-state index is 4.85. The molecule has 2 aromatic rings. The van der Waals surface area contributed by atoms with Crippen LogP contribution in [0.1, 0.15) is 204 Å². The summed E-state index contributed by atoms with van der Waals surface area (Å²) in [7, 11) is 2.25. The Morgan fingerprint density at radius 2 is 1.14 bits per heavy atom. The predicted octanol–water partition coefficient (Wildman–Crippen LogP) is 16.2. The third kappa shape index (κ3) is 17.5. The van der Waals surface area contributed by atoms with Gasteiger partial charge in [0, 0.05) is 23.8 Å². The maximum Gasteiger partial charge on any atom is 0.0438 e. The molecule has 1 nitrogen and oxygen atoms in total. The number of hydrogen-bond donors (Lipinski definition) is 0. The molecule has 1 aliphatic rings. The molecule has 2 aromatic carbocycles. The van der Waals surface area contributed by atoms with Gasteiger partial charge in [-0.15, -0.1) is 0 Å². The average Bonchev–Trinajstić information content (AvgIpc) is 3.18. The zero-order valence-corrected chi connectivity index (χ0v) is 41.8. The monoisotopic (exact) mass is 868 g/mol.